The van der Waals surface area contributed by atoms with Gasteiger partial charge in [-0.2, -0.15) is 18.2 Å². The Hall–Kier alpha value is -3.36. The van der Waals surface area contributed by atoms with Crippen LogP contribution in [0.15, 0.2) is 53.1 Å². The summed E-state index contributed by atoms with van der Waals surface area (Å²) >= 11 is 0. The lowest BCUT2D eigenvalue weighted by atomic mass is 10.1. The molecule has 0 fully saturated rings. The van der Waals surface area contributed by atoms with Crippen LogP contribution in [0.3, 0.4) is 0 Å². The minimum absolute atomic E-state index is 0.293. The summed E-state index contributed by atoms with van der Waals surface area (Å²) in [7, 11) is 0. The Bertz CT molecular complexity index is 954. The Morgan fingerprint density at radius 2 is 1.96 bits per heavy atom. The molecule has 0 aliphatic carbocycles. The molecule has 1 heterocycles. The third-order valence-corrected chi connectivity index (χ3v) is 3.49. The normalized spacial score (nSPS) is 11.3. The van der Waals surface area contributed by atoms with E-state index < -0.39 is 24.3 Å². The van der Waals surface area contributed by atoms with Crippen LogP contribution >= 0.6 is 0 Å². The number of rotatable bonds is 5. The maximum absolute atomic E-state index is 13.0. The van der Waals surface area contributed by atoms with E-state index in [1.807, 2.05) is 0 Å². The number of ether oxygens (including phenoxy) is 1. The van der Waals surface area contributed by atoms with Gasteiger partial charge in [0.25, 0.3) is 11.8 Å². The van der Waals surface area contributed by atoms with Crippen molar-refractivity contribution in [2.45, 2.75) is 13.1 Å². The van der Waals surface area contributed by atoms with E-state index in [9.17, 15) is 18.0 Å². The van der Waals surface area contributed by atoms with Gasteiger partial charge in [0.05, 0.1) is 11.3 Å². The van der Waals surface area contributed by atoms with Crippen LogP contribution in [-0.4, -0.2) is 22.7 Å². The predicted octanol–water partition coefficient (Wildman–Crippen LogP) is 4.08. The smallest absolute Gasteiger partial charge is 0.418 e. The molecule has 27 heavy (non-hydrogen) atoms. The van der Waals surface area contributed by atoms with Crippen molar-refractivity contribution in [3.63, 3.8) is 0 Å². The number of anilines is 1. The number of benzene rings is 2. The molecule has 9 heteroatoms. The first-order valence-electron chi connectivity index (χ1n) is 7.82. The number of alkyl halides is 3. The maximum Gasteiger partial charge on any atom is 0.418 e. The van der Waals surface area contributed by atoms with E-state index in [-0.39, 0.29) is 5.69 Å². The molecule has 0 radical (unpaired) electrons. The largest absolute Gasteiger partial charge is 0.484 e. The molecule has 6 nitrogen and oxygen atoms in total. The van der Waals surface area contributed by atoms with Crippen LogP contribution in [0, 0.1) is 6.92 Å². The van der Waals surface area contributed by atoms with Crippen LogP contribution in [0.25, 0.3) is 11.5 Å². The number of hydrogen-bond acceptors (Lipinski definition) is 5. The lowest BCUT2D eigenvalue weighted by molar-refractivity contribution is -0.137. The lowest BCUT2D eigenvalue weighted by Gasteiger charge is -2.13. The van der Waals surface area contributed by atoms with E-state index >= 15 is 0 Å². The van der Waals surface area contributed by atoms with Gasteiger partial charge in [0.2, 0.25) is 0 Å². The molecule has 140 valence electrons. The summed E-state index contributed by atoms with van der Waals surface area (Å²) in [5.74, 6) is 0.383. The number of carbonyl (C=O) groups is 1. The molecule has 1 aromatic heterocycles. The molecule has 0 bridgehead atoms. The minimum atomic E-state index is -4.57. The van der Waals surface area contributed by atoms with Crippen molar-refractivity contribution in [1.29, 1.82) is 0 Å². The summed E-state index contributed by atoms with van der Waals surface area (Å²) in [4.78, 5) is 16.1. The van der Waals surface area contributed by atoms with Gasteiger partial charge in [-0.15, -0.1) is 0 Å². The zero-order valence-corrected chi connectivity index (χ0v) is 14.1. The quantitative estimate of drug-likeness (QED) is 0.725. The Labute approximate surface area is 152 Å². The van der Waals surface area contributed by atoms with E-state index in [1.54, 1.807) is 31.2 Å². The van der Waals surface area contributed by atoms with Gasteiger partial charge in [0.15, 0.2) is 12.4 Å². The average molecular weight is 377 g/mol. The molecule has 3 rings (SSSR count). The molecule has 0 aliphatic rings. The van der Waals surface area contributed by atoms with E-state index in [2.05, 4.69) is 15.5 Å². The van der Waals surface area contributed by atoms with Crippen LogP contribution < -0.4 is 10.1 Å². The fraction of sp³-hybridized carbons (Fsp3) is 0.167. The number of halogens is 3. The topological polar surface area (TPSA) is 77.2 Å². The van der Waals surface area contributed by atoms with Gasteiger partial charge in [0.1, 0.15) is 5.75 Å². The van der Waals surface area contributed by atoms with Gasteiger partial charge < -0.3 is 14.6 Å². The van der Waals surface area contributed by atoms with E-state index in [0.717, 1.165) is 6.07 Å². The van der Waals surface area contributed by atoms with Crippen LogP contribution in [0.4, 0.5) is 18.9 Å². The SMILES string of the molecule is Cc1noc(-c2cccc(OCC(=O)Nc3ccccc3C(F)(F)F)c2)n1. The summed E-state index contributed by atoms with van der Waals surface area (Å²) in [6.45, 7) is 1.22. The summed E-state index contributed by atoms with van der Waals surface area (Å²) in [6.07, 6.45) is -4.57. The highest BCUT2D eigenvalue weighted by Gasteiger charge is 2.33. The summed E-state index contributed by atoms with van der Waals surface area (Å²) in [5, 5.41) is 5.90. The van der Waals surface area contributed by atoms with Gasteiger partial charge in [-0.1, -0.05) is 23.4 Å². The van der Waals surface area contributed by atoms with Crippen molar-refractivity contribution >= 4 is 11.6 Å². The monoisotopic (exact) mass is 377 g/mol. The number of amides is 1. The highest BCUT2D eigenvalue weighted by molar-refractivity contribution is 5.92. The van der Waals surface area contributed by atoms with Crippen LogP contribution in [0.2, 0.25) is 0 Å². The number of nitrogens with zero attached hydrogens (tertiary/aromatic N) is 2. The predicted molar refractivity (Wildman–Crippen MR) is 90.0 cm³/mol. The van der Waals surface area contributed by atoms with Crippen LogP contribution in [0.1, 0.15) is 11.4 Å². The molecule has 2 aromatic carbocycles. The van der Waals surface area contributed by atoms with E-state index in [1.165, 1.54) is 18.2 Å². The minimum Gasteiger partial charge on any atom is -0.484 e. The van der Waals surface area contributed by atoms with Gasteiger partial charge in [0, 0.05) is 5.56 Å². The Kier molecular flexibility index (Phi) is 5.11. The lowest BCUT2D eigenvalue weighted by Crippen LogP contribution is -2.22. The number of hydrogen-bond donors (Lipinski definition) is 1. The molecular weight excluding hydrogens is 363 g/mol. The number of nitrogens with one attached hydrogen (secondary N) is 1. The molecule has 0 spiro atoms. The third kappa shape index (κ3) is 4.63. The van der Waals surface area contributed by atoms with Gasteiger partial charge >= 0.3 is 6.18 Å². The highest BCUT2D eigenvalue weighted by Crippen LogP contribution is 2.34. The van der Waals surface area contributed by atoms with Gasteiger partial charge in [-0.25, -0.2) is 0 Å². The molecule has 0 saturated carbocycles. The molecular formula is C18H14F3N3O3. The third-order valence-electron chi connectivity index (χ3n) is 3.49. The van der Waals surface area contributed by atoms with Crippen LogP contribution in [-0.2, 0) is 11.0 Å². The molecule has 0 atom stereocenters. The fourth-order valence-electron chi connectivity index (χ4n) is 2.31. The maximum atomic E-state index is 13.0. The molecule has 0 aliphatic heterocycles. The second-order valence-corrected chi connectivity index (χ2v) is 5.55. The van der Waals surface area contributed by atoms with Crippen LogP contribution in [0.5, 0.6) is 5.75 Å². The highest BCUT2D eigenvalue weighted by atomic mass is 19.4. The Balaban J connectivity index is 1.65. The fourth-order valence-corrected chi connectivity index (χ4v) is 2.31. The van der Waals surface area contributed by atoms with Crippen molar-refractivity contribution in [2.75, 3.05) is 11.9 Å². The first kappa shape index (κ1) is 18.4. The second kappa shape index (κ2) is 7.48. The van der Waals surface area contributed by atoms with Crippen molar-refractivity contribution < 1.29 is 27.2 Å². The average Bonchev–Trinajstić information content (AvgIpc) is 3.06. The van der Waals surface area contributed by atoms with E-state index in [0.29, 0.717) is 23.0 Å². The molecule has 0 unspecified atom stereocenters. The molecule has 3 aromatic rings. The van der Waals surface area contributed by atoms with Gasteiger partial charge in [-0.05, 0) is 37.3 Å². The van der Waals surface area contributed by atoms with Crippen molar-refractivity contribution in [1.82, 2.24) is 10.1 Å². The van der Waals surface area contributed by atoms with Gasteiger partial charge in [-0.3, -0.25) is 4.79 Å². The second-order valence-electron chi connectivity index (χ2n) is 5.55. The Morgan fingerprint density at radius 3 is 2.67 bits per heavy atom. The number of aromatic nitrogens is 2. The number of carbonyl (C=O) groups excluding carboxylic acids is 1. The zero-order chi connectivity index (χ0) is 19.4. The van der Waals surface area contributed by atoms with E-state index in [4.69, 9.17) is 9.26 Å². The van der Waals surface area contributed by atoms with Crippen molar-refractivity contribution in [3.05, 3.63) is 59.9 Å². The molecule has 1 amide bonds. The number of aryl methyl sites for hydroxylation is 1. The molecule has 1 N–H and O–H groups in total. The summed E-state index contributed by atoms with van der Waals surface area (Å²) in [5.41, 5.74) is -0.656. The summed E-state index contributed by atoms with van der Waals surface area (Å²) in [6, 6.07) is 11.3. The van der Waals surface area contributed by atoms with Crippen molar-refractivity contribution in [3.8, 4) is 17.2 Å². The summed E-state index contributed by atoms with van der Waals surface area (Å²) < 4.78 is 49.3. The first-order valence-corrected chi connectivity index (χ1v) is 7.82. The molecule has 0 saturated heterocycles. The number of para-hydroxylation sites is 1. The van der Waals surface area contributed by atoms with Crippen molar-refractivity contribution in [2.24, 2.45) is 0 Å². The standard InChI is InChI=1S/C18H14F3N3O3/c1-11-22-17(27-24-11)12-5-4-6-13(9-12)26-10-16(25)23-15-8-3-2-7-14(15)18(19,20)21/h2-9H,10H2,1H3,(H,23,25). The zero-order valence-electron chi connectivity index (χ0n) is 14.1. The first-order chi connectivity index (χ1) is 12.8. The Morgan fingerprint density at radius 1 is 1.19 bits per heavy atom.